The standard InChI is InChI=1S/C18H21N5O2S/c1-6-25-13-8-11(3)10(2)7-12(13)21-15-14-16(20-9-19-15)26-17(22-14)18(24)23(4)5/h7-9H,6H2,1-5H3,(H,19,20,21). The summed E-state index contributed by atoms with van der Waals surface area (Å²) in [6, 6.07) is 4.02. The van der Waals surface area contributed by atoms with Crippen LogP contribution in [-0.4, -0.2) is 46.5 Å². The van der Waals surface area contributed by atoms with E-state index < -0.39 is 0 Å². The molecule has 0 bridgehead atoms. The van der Waals surface area contributed by atoms with Crippen molar-refractivity contribution in [3.8, 4) is 5.75 Å². The first-order valence-corrected chi connectivity index (χ1v) is 9.06. The SMILES string of the molecule is CCOc1cc(C)c(C)cc1Nc1ncnc2sc(C(=O)N(C)C)nc12. The van der Waals surface area contributed by atoms with Gasteiger partial charge in [-0.2, -0.15) is 0 Å². The van der Waals surface area contributed by atoms with Crippen molar-refractivity contribution in [2.24, 2.45) is 0 Å². The zero-order valence-electron chi connectivity index (χ0n) is 15.5. The number of rotatable bonds is 5. The molecular formula is C18H21N5O2S. The molecule has 0 radical (unpaired) electrons. The van der Waals surface area contributed by atoms with Crippen molar-refractivity contribution in [1.82, 2.24) is 19.9 Å². The molecule has 0 fully saturated rings. The Balaban J connectivity index is 2.04. The Morgan fingerprint density at radius 3 is 2.65 bits per heavy atom. The molecule has 3 aromatic rings. The molecule has 0 aliphatic carbocycles. The topological polar surface area (TPSA) is 80.2 Å². The van der Waals surface area contributed by atoms with Crippen molar-refractivity contribution in [3.05, 3.63) is 34.6 Å². The lowest BCUT2D eigenvalue weighted by Crippen LogP contribution is -2.21. The monoisotopic (exact) mass is 371 g/mol. The lowest BCUT2D eigenvalue weighted by atomic mass is 10.1. The molecule has 1 amide bonds. The van der Waals surface area contributed by atoms with Crippen molar-refractivity contribution in [1.29, 1.82) is 0 Å². The number of nitrogens with zero attached hydrogens (tertiary/aromatic N) is 4. The molecule has 0 aliphatic rings. The summed E-state index contributed by atoms with van der Waals surface area (Å²) in [7, 11) is 3.39. The highest BCUT2D eigenvalue weighted by Crippen LogP contribution is 2.33. The Kier molecular flexibility index (Phi) is 5.03. The first-order valence-electron chi connectivity index (χ1n) is 8.25. The van der Waals surface area contributed by atoms with Gasteiger partial charge in [0, 0.05) is 14.1 Å². The number of aryl methyl sites for hydroxylation is 2. The third kappa shape index (κ3) is 3.45. The fraction of sp³-hybridized carbons (Fsp3) is 0.333. The van der Waals surface area contributed by atoms with Crippen LogP contribution in [0.5, 0.6) is 5.75 Å². The lowest BCUT2D eigenvalue weighted by Gasteiger charge is -2.14. The number of hydrogen-bond acceptors (Lipinski definition) is 7. The number of fused-ring (bicyclic) bond motifs is 1. The van der Waals surface area contributed by atoms with E-state index >= 15 is 0 Å². The predicted octanol–water partition coefficient (Wildman–Crippen LogP) is 3.55. The molecule has 3 rings (SSSR count). The molecule has 0 saturated heterocycles. The van der Waals surface area contributed by atoms with Gasteiger partial charge in [0.1, 0.15) is 22.4 Å². The quantitative estimate of drug-likeness (QED) is 0.739. The van der Waals surface area contributed by atoms with Gasteiger partial charge < -0.3 is 15.0 Å². The molecule has 0 saturated carbocycles. The molecule has 26 heavy (non-hydrogen) atoms. The van der Waals surface area contributed by atoms with E-state index in [1.54, 1.807) is 14.1 Å². The highest BCUT2D eigenvalue weighted by atomic mass is 32.1. The minimum atomic E-state index is -0.153. The number of anilines is 2. The number of aromatic nitrogens is 3. The summed E-state index contributed by atoms with van der Waals surface area (Å²) in [5.74, 6) is 1.15. The highest BCUT2D eigenvalue weighted by molar-refractivity contribution is 7.19. The number of carbonyl (C=O) groups is 1. The Labute approximate surface area is 156 Å². The Bertz CT molecular complexity index is 968. The van der Waals surface area contributed by atoms with E-state index in [9.17, 15) is 4.79 Å². The van der Waals surface area contributed by atoms with Crippen LogP contribution in [0, 0.1) is 13.8 Å². The van der Waals surface area contributed by atoms with Crippen molar-refractivity contribution < 1.29 is 9.53 Å². The van der Waals surface area contributed by atoms with E-state index in [0.29, 0.717) is 27.8 Å². The van der Waals surface area contributed by atoms with E-state index in [4.69, 9.17) is 4.74 Å². The van der Waals surface area contributed by atoms with Crippen LogP contribution in [0.3, 0.4) is 0 Å². The third-order valence-electron chi connectivity index (χ3n) is 3.93. The van der Waals surface area contributed by atoms with Gasteiger partial charge >= 0.3 is 0 Å². The molecule has 2 aromatic heterocycles. The molecule has 0 aliphatic heterocycles. The number of carbonyl (C=O) groups excluding carboxylic acids is 1. The predicted molar refractivity (Wildman–Crippen MR) is 104 cm³/mol. The highest BCUT2D eigenvalue weighted by Gasteiger charge is 2.18. The Morgan fingerprint density at radius 2 is 1.96 bits per heavy atom. The van der Waals surface area contributed by atoms with Crippen molar-refractivity contribution in [3.63, 3.8) is 0 Å². The molecule has 0 atom stereocenters. The smallest absolute Gasteiger partial charge is 0.282 e. The molecule has 7 nitrogen and oxygen atoms in total. The zero-order chi connectivity index (χ0) is 18.8. The maximum Gasteiger partial charge on any atom is 0.282 e. The van der Waals surface area contributed by atoms with Gasteiger partial charge in [0.05, 0.1) is 12.3 Å². The van der Waals surface area contributed by atoms with E-state index in [1.807, 2.05) is 32.9 Å². The number of amides is 1. The summed E-state index contributed by atoms with van der Waals surface area (Å²) in [5, 5.41) is 3.68. The van der Waals surface area contributed by atoms with E-state index in [2.05, 4.69) is 20.3 Å². The van der Waals surface area contributed by atoms with Gasteiger partial charge in [0.2, 0.25) is 0 Å². The second kappa shape index (κ2) is 7.25. The van der Waals surface area contributed by atoms with Crippen LogP contribution < -0.4 is 10.1 Å². The fourth-order valence-electron chi connectivity index (χ4n) is 2.42. The van der Waals surface area contributed by atoms with Gasteiger partial charge in [0.15, 0.2) is 10.8 Å². The molecule has 2 heterocycles. The molecule has 0 unspecified atom stereocenters. The summed E-state index contributed by atoms with van der Waals surface area (Å²) in [6.45, 7) is 6.60. The van der Waals surface area contributed by atoms with Gasteiger partial charge in [-0.1, -0.05) is 11.3 Å². The van der Waals surface area contributed by atoms with Crippen LogP contribution in [-0.2, 0) is 0 Å². The number of ether oxygens (including phenoxy) is 1. The minimum absolute atomic E-state index is 0.153. The van der Waals surface area contributed by atoms with Crippen LogP contribution in [0.2, 0.25) is 0 Å². The number of benzene rings is 1. The summed E-state index contributed by atoms with van der Waals surface area (Å²) < 4.78 is 5.75. The lowest BCUT2D eigenvalue weighted by molar-refractivity contribution is 0.0827. The van der Waals surface area contributed by atoms with Gasteiger partial charge in [-0.15, -0.1) is 0 Å². The molecule has 1 N–H and O–H groups in total. The third-order valence-corrected chi connectivity index (χ3v) is 4.88. The maximum atomic E-state index is 12.2. The van der Waals surface area contributed by atoms with E-state index in [-0.39, 0.29) is 5.91 Å². The average molecular weight is 371 g/mol. The number of hydrogen-bond donors (Lipinski definition) is 1. The Morgan fingerprint density at radius 1 is 1.23 bits per heavy atom. The van der Waals surface area contributed by atoms with Gasteiger partial charge in [-0.05, 0) is 44.0 Å². The summed E-state index contributed by atoms with van der Waals surface area (Å²) in [4.78, 5) is 27.3. The van der Waals surface area contributed by atoms with Gasteiger partial charge in [0.25, 0.3) is 5.91 Å². The fourth-order valence-corrected chi connectivity index (χ4v) is 3.35. The molecule has 0 spiro atoms. The van der Waals surface area contributed by atoms with Crippen molar-refractivity contribution >= 4 is 39.1 Å². The van der Waals surface area contributed by atoms with Crippen LogP contribution in [0.4, 0.5) is 11.5 Å². The van der Waals surface area contributed by atoms with Crippen LogP contribution in [0.1, 0.15) is 27.9 Å². The van der Waals surface area contributed by atoms with Gasteiger partial charge in [-0.3, -0.25) is 4.79 Å². The summed E-state index contributed by atoms with van der Waals surface area (Å²) in [6.07, 6.45) is 1.47. The van der Waals surface area contributed by atoms with Crippen molar-refractivity contribution in [2.75, 3.05) is 26.0 Å². The molecule has 136 valence electrons. The van der Waals surface area contributed by atoms with Crippen LogP contribution in [0.15, 0.2) is 18.5 Å². The minimum Gasteiger partial charge on any atom is -0.492 e. The Hall–Kier alpha value is -2.74. The second-order valence-electron chi connectivity index (χ2n) is 6.09. The zero-order valence-corrected chi connectivity index (χ0v) is 16.3. The second-order valence-corrected chi connectivity index (χ2v) is 7.06. The summed E-state index contributed by atoms with van der Waals surface area (Å²) >= 11 is 1.25. The average Bonchev–Trinajstić information content (AvgIpc) is 3.03. The van der Waals surface area contributed by atoms with E-state index in [1.165, 1.54) is 22.6 Å². The van der Waals surface area contributed by atoms with Crippen LogP contribution >= 0.6 is 11.3 Å². The summed E-state index contributed by atoms with van der Waals surface area (Å²) in [5.41, 5.74) is 3.68. The maximum absolute atomic E-state index is 12.2. The van der Waals surface area contributed by atoms with E-state index in [0.717, 1.165) is 22.6 Å². The molecule has 1 aromatic carbocycles. The first kappa shape index (κ1) is 18.1. The number of nitrogens with one attached hydrogen (secondary N) is 1. The largest absolute Gasteiger partial charge is 0.492 e. The van der Waals surface area contributed by atoms with Crippen molar-refractivity contribution in [2.45, 2.75) is 20.8 Å². The molecule has 8 heteroatoms. The van der Waals surface area contributed by atoms with Gasteiger partial charge in [-0.25, -0.2) is 15.0 Å². The normalized spacial score (nSPS) is 10.8. The molecular weight excluding hydrogens is 350 g/mol. The first-order chi connectivity index (χ1) is 12.4. The number of thiazole rings is 1. The van der Waals surface area contributed by atoms with Crippen LogP contribution in [0.25, 0.3) is 10.3 Å².